The molecule has 1 saturated heterocycles. The third-order valence-corrected chi connectivity index (χ3v) is 4.08. The summed E-state index contributed by atoms with van der Waals surface area (Å²) in [5.41, 5.74) is 1.16. The second-order valence-corrected chi connectivity index (χ2v) is 5.66. The van der Waals surface area contributed by atoms with Gasteiger partial charge in [0.2, 0.25) is 0 Å². The smallest absolute Gasteiger partial charge is 0.183 e. The molecule has 1 aromatic carbocycles. The summed E-state index contributed by atoms with van der Waals surface area (Å²) in [6.07, 6.45) is -0.363. The van der Waals surface area contributed by atoms with E-state index in [1.807, 2.05) is 44.2 Å². The molecule has 1 aliphatic heterocycles. The summed E-state index contributed by atoms with van der Waals surface area (Å²) >= 11 is 0. The van der Waals surface area contributed by atoms with E-state index in [0.29, 0.717) is 6.42 Å². The number of methoxy groups -OCH3 is 1. The molecule has 0 aromatic heterocycles. The summed E-state index contributed by atoms with van der Waals surface area (Å²) in [5.74, 6) is 0. The summed E-state index contributed by atoms with van der Waals surface area (Å²) in [6.45, 7) is 4.00. The normalized spacial score (nSPS) is 25.5. The van der Waals surface area contributed by atoms with E-state index in [-0.39, 0.29) is 22.9 Å². The molecule has 1 fully saturated rings. The van der Waals surface area contributed by atoms with E-state index in [0.717, 1.165) is 5.56 Å². The molecule has 7 heteroatoms. The van der Waals surface area contributed by atoms with Gasteiger partial charge in [-0.3, -0.25) is 0 Å². The number of benzene rings is 1. The Labute approximate surface area is 136 Å². The van der Waals surface area contributed by atoms with Gasteiger partial charge in [0.25, 0.3) is 0 Å². The molecular formula is C15H21B2O4P. The quantitative estimate of drug-likeness (QED) is 0.661. The Morgan fingerprint density at radius 2 is 1.82 bits per heavy atom. The molecular weight excluding hydrogens is 297 g/mol. The number of ether oxygens (including phenoxy) is 2. The van der Waals surface area contributed by atoms with Crippen LogP contribution in [-0.4, -0.2) is 44.8 Å². The average molecular weight is 318 g/mol. The van der Waals surface area contributed by atoms with Crippen molar-refractivity contribution in [3.05, 3.63) is 46.6 Å². The first kappa shape index (κ1) is 19.4. The maximum absolute atomic E-state index is 9.15. The van der Waals surface area contributed by atoms with E-state index < -0.39 is 14.5 Å². The second kappa shape index (κ2) is 9.49. The lowest BCUT2D eigenvalue weighted by molar-refractivity contribution is 0.0193. The lowest BCUT2D eigenvalue weighted by Gasteiger charge is -2.21. The average Bonchev–Trinajstić information content (AvgIpc) is 3.00. The Kier molecular flexibility index (Phi) is 8.37. The number of hydrogen-bond donors (Lipinski definition) is 2. The van der Waals surface area contributed by atoms with Crippen molar-refractivity contribution >= 4 is 24.1 Å². The van der Waals surface area contributed by atoms with E-state index in [9.17, 15) is 0 Å². The second-order valence-electron chi connectivity index (χ2n) is 4.60. The van der Waals surface area contributed by atoms with Crippen LogP contribution in [0.4, 0.5) is 0 Å². The Bertz CT molecular complexity index is 482. The van der Waals surface area contributed by atoms with Crippen molar-refractivity contribution in [1.82, 2.24) is 0 Å². The van der Waals surface area contributed by atoms with Crippen LogP contribution in [0, 0.1) is 0 Å². The van der Waals surface area contributed by atoms with Crippen molar-refractivity contribution in [2.45, 2.75) is 38.6 Å². The number of hydrogen-bond acceptors (Lipinski definition) is 4. The van der Waals surface area contributed by atoms with Gasteiger partial charge in [-0.05, 0) is 5.56 Å². The molecule has 2 unspecified atom stereocenters. The summed E-state index contributed by atoms with van der Waals surface area (Å²) in [6, 6.07) is 9.73. The van der Waals surface area contributed by atoms with Gasteiger partial charge in [0.15, 0.2) is 8.38 Å². The minimum atomic E-state index is -2.41. The predicted molar refractivity (Wildman–Crippen MR) is 90.7 cm³/mol. The van der Waals surface area contributed by atoms with Gasteiger partial charge >= 0.3 is 0 Å². The SMILES string of the molecule is CC.[B]/C(=C(/[B])P(O)O)C1OC(c2ccccc2)C[C@@H]1OC. The molecule has 1 aromatic rings. The molecule has 0 amide bonds. The lowest BCUT2D eigenvalue weighted by atomic mass is 9.82. The fraction of sp³-hybridized carbons (Fsp3) is 0.467. The van der Waals surface area contributed by atoms with Crippen molar-refractivity contribution in [1.29, 1.82) is 0 Å². The highest BCUT2D eigenvalue weighted by atomic mass is 31.2. The molecule has 1 heterocycles. The molecule has 116 valence electrons. The van der Waals surface area contributed by atoms with Crippen LogP contribution < -0.4 is 0 Å². The molecule has 0 bridgehead atoms. The molecule has 0 aliphatic carbocycles. The van der Waals surface area contributed by atoms with E-state index in [2.05, 4.69) is 0 Å². The van der Waals surface area contributed by atoms with Crippen molar-refractivity contribution in [2.75, 3.05) is 7.11 Å². The summed E-state index contributed by atoms with van der Waals surface area (Å²) < 4.78 is 11.3. The summed E-state index contributed by atoms with van der Waals surface area (Å²) in [7, 11) is 10.6. The molecule has 4 radical (unpaired) electrons. The van der Waals surface area contributed by atoms with Crippen LogP contribution in [-0.2, 0) is 9.47 Å². The zero-order valence-corrected chi connectivity index (χ0v) is 14.0. The van der Waals surface area contributed by atoms with Crippen molar-refractivity contribution in [3.8, 4) is 0 Å². The van der Waals surface area contributed by atoms with E-state index >= 15 is 0 Å². The Hall–Kier alpha value is -0.640. The first-order chi connectivity index (χ1) is 10.5. The maximum Gasteiger partial charge on any atom is 0.183 e. The summed E-state index contributed by atoms with van der Waals surface area (Å²) in [5, 5.41) is -0.138. The summed E-state index contributed by atoms with van der Waals surface area (Å²) in [4.78, 5) is 18.3. The van der Waals surface area contributed by atoms with Gasteiger partial charge < -0.3 is 19.3 Å². The Morgan fingerprint density at radius 1 is 1.23 bits per heavy atom. The molecule has 4 nitrogen and oxygen atoms in total. The van der Waals surface area contributed by atoms with E-state index in [1.165, 1.54) is 0 Å². The highest BCUT2D eigenvalue weighted by molar-refractivity contribution is 7.52. The van der Waals surface area contributed by atoms with Gasteiger partial charge in [-0.15, -0.1) is 0 Å². The molecule has 0 spiro atoms. The van der Waals surface area contributed by atoms with Crippen molar-refractivity contribution < 1.29 is 19.3 Å². The highest BCUT2D eigenvalue weighted by Crippen LogP contribution is 2.41. The minimum Gasteiger partial charge on any atom is -0.378 e. The van der Waals surface area contributed by atoms with Gasteiger partial charge in [0, 0.05) is 13.5 Å². The number of rotatable bonds is 4. The van der Waals surface area contributed by atoms with Crippen LogP contribution in [0.1, 0.15) is 31.9 Å². The molecule has 22 heavy (non-hydrogen) atoms. The van der Waals surface area contributed by atoms with Crippen LogP contribution in [0.25, 0.3) is 0 Å². The van der Waals surface area contributed by atoms with Crippen LogP contribution in [0.5, 0.6) is 0 Å². The minimum absolute atomic E-state index is 0.131. The topological polar surface area (TPSA) is 58.9 Å². The van der Waals surface area contributed by atoms with E-state index in [4.69, 9.17) is 35.0 Å². The first-order valence-electron chi connectivity index (χ1n) is 7.20. The first-order valence-corrected chi connectivity index (χ1v) is 8.45. The van der Waals surface area contributed by atoms with Crippen LogP contribution in [0.2, 0.25) is 0 Å². The lowest BCUT2D eigenvalue weighted by Crippen LogP contribution is -2.26. The molecule has 1 aliphatic rings. The third-order valence-electron chi connectivity index (χ3n) is 3.39. The Balaban J connectivity index is 0.00000116. The molecule has 2 N–H and O–H groups in total. The monoisotopic (exact) mass is 318 g/mol. The molecule has 3 atom stereocenters. The van der Waals surface area contributed by atoms with Crippen molar-refractivity contribution in [2.24, 2.45) is 0 Å². The molecule has 0 saturated carbocycles. The fourth-order valence-corrected chi connectivity index (χ4v) is 2.65. The van der Waals surface area contributed by atoms with Crippen LogP contribution in [0.15, 0.2) is 41.0 Å². The van der Waals surface area contributed by atoms with Gasteiger partial charge in [0.1, 0.15) is 15.7 Å². The Morgan fingerprint density at radius 3 is 2.32 bits per heavy atom. The van der Waals surface area contributed by atoms with Gasteiger partial charge in [-0.2, -0.15) is 0 Å². The van der Waals surface area contributed by atoms with E-state index in [1.54, 1.807) is 7.11 Å². The zero-order valence-electron chi connectivity index (χ0n) is 13.1. The molecule has 2 rings (SSSR count). The van der Waals surface area contributed by atoms with Crippen LogP contribution >= 0.6 is 8.38 Å². The van der Waals surface area contributed by atoms with Crippen molar-refractivity contribution in [3.63, 3.8) is 0 Å². The van der Waals surface area contributed by atoms with Crippen LogP contribution in [0.3, 0.4) is 0 Å². The largest absolute Gasteiger partial charge is 0.378 e. The standard InChI is InChI=1S/C13H15B2O4P.C2H6/c1-18-10-7-9(8-5-3-2-4-6-8)19-12(10)11(14)13(15)20(16)17;1-2/h2-6,9-10,12,16-17H,7H2,1H3;1-2H3/b13-11-;/t9?,10-,12?;/m0./s1. The predicted octanol–water partition coefficient (Wildman–Crippen LogP) is 2.36. The van der Waals surface area contributed by atoms with Gasteiger partial charge in [-0.1, -0.05) is 54.9 Å². The fourth-order valence-electron chi connectivity index (χ4n) is 2.29. The van der Waals surface area contributed by atoms with Gasteiger partial charge in [0.05, 0.1) is 18.3 Å². The maximum atomic E-state index is 9.15. The zero-order chi connectivity index (χ0) is 16.7. The highest BCUT2D eigenvalue weighted by Gasteiger charge is 2.37. The third kappa shape index (κ3) is 4.68. The van der Waals surface area contributed by atoms with Gasteiger partial charge in [-0.25, -0.2) is 0 Å².